The zero-order valence-corrected chi connectivity index (χ0v) is 13.2. The maximum absolute atomic E-state index is 4.34. The van der Waals surface area contributed by atoms with Crippen molar-refractivity contribution in [3.63, 3.8) is 0 Å². The molecule has 0 spiro atoms. The highest BCUT2D eigenvalue weighted by Gasteiger charge is 2.12. The number of pyridine rings is 2. The number of hydrogen-bond donors (Lipinski definition) is 0. The van der Waals surface area contributed by atoms with Gasteiger partial charge in [-0.1, -0.05) is 17.8 Å². The molecule has 0 saturated heterocycles. The predicted molar refractivity (Wildman–Crippen MR) is 87.6 cm³/mol. The molecule has 0 N–H and O–H groups in total. The molecule has 0 aliphatic carbocycles. The molecule has 0 fully saturated rings. The standard InChI is InChI=1S/C16H17N5S/c1-2-21-15(13-6-10-17-11-7-13)19-20-16(21)22-12-8-14-5-3-4-9-18-14/h3-7,9-11H,2,8,12H2,1H3. The first-order chi connectivity index (χ1) is 10.9. The van der Waals surface area contributed by atoms with Crippen LogP contribution in [0.1, 0.15) is 12.6 Å². The molecule has 3 heterocycles. The zero-order chi connectivity index (χ0) is 15.2. The van der Waals surface area contributed by atoms with Crippen LogP contribution in [0, 0.1) is 0 Å². The van der Waals surface area contributed by atoms with Crippen LogP contribution in [0.4, 0.5) is 0 Å². The Kier molecular flexibility index (Phi) is 4.80. The topological polar surface area (TPSA) is 56.5 Å². The molecule has 0 bridgehead atoms. The first-order valence-corrected chi connectivity index (χ1v) is 8.23. The minimum absolute atomic E-state index is 0.844. The Labute approximate surface area is 133 Å². The highest BCUT2D eigenvalue weighted by atomic mass is 32.2. The summed E-state index contributed by atoms with van der Waals surface area (Å²) in [5.74, 6) is 1.83. The molecule has 112 valence electrons. The fraction of sp³-hybridized carbons (Fsp3) is 0.250. The van der Waals surface area contributed by atoms with Crippen molar-refractivity contribution in [2.24, 2.45) is 0 Å². The van der Waals surface area contributed by atoms with Gasteiger partial charge in [0.05, 0.1) is 0 Å². The Bertz CT molecular complexity index is 712. The van der Waals surface area contributed by atoms with E-state index >= 15 is 0 Å². The molecule has 0 atom stereocenters. The lowest BCUT2D eigenvalue weighted by Gasteiger charge is -2.07. The van der Waals surface area contributed by atoms with Crippen LogP contribution in [0.15, 0.2) is 54.1 Å². The Morgan fingerprint density at radius 2 is 1.91 bits per heavy atom. The van der Waals surface area contributed by atoms with Gasteiger partial charge in [-0.2, -0.15) is 0 Å². The number of thioether (sulfide) groups is 1. The molecule has 0 aromatic carbocycles. The van der Waals surface area contributed by atoms with Gasteiger partial charge in [0.2, 0.25) is 0 Å². The monoisotopic (exact) mass is 311 g/mol. The lowest BCUT2D eigenvalue weighted by atomic mass is 10.2. The smallest absolute Gasteiger partial charge is 0.191 e. The summed E-state index contributed by atoms with van der Waals surface area (Å²) in [7, 11) is 0. The summed E-state index contributed by atoms with van der Waals surface area (Å²) in [5.41, 5.74) is 2.15. The third-order valence-corrected chi connectivity index (χ3v) is 4.26. The highest BCUT2D eigenvalue weighted by molar-refractivity contribution is 7.99. The van der Waals surface area contributed by atoms with Gasteiger partial charge in [0, 0.05) is 42.1 Å². The molecule has 0 aliphatic rings. The van der Waals surface area contributed by atoms with Crippen molar-refractivity contribution < 1.29 is 0 Å². The predicted octanol–water partition coefficient (Wildman–Crippen LogP) is 3.09. The SMILES string of the molecule is CCn1c(SCCc2ccccn2)nnc1-c1ccncc1. The Morgan fingerprint density at radius 3 is 2.64 bits per heavy atom. The van der Waals surface area contributed by atoms with Gasteiger partial charge in [-0.15, -0.1) is 10.2 Å². The van der Waals surface area contributed by atoms with E-state index < -0.39 is 0 Å². The van der Waals surface area contributed by atoms with Crippen molar-refractivity contribution in [3.8, 4) is 11.4 Å². The number of aryl methyl sites for hydroxylation is 1. The van der Waals surface area contributed by atoms with Gasteiger partial charge in [-0.3, -0.25) is 9.97 Å². The quantitative estimate of drug-likeness (QED) is 0.655. The van der Waals surface area contributed by atoms with E-state index in [1.165, 1.54) is 0 Å². The van der Waals surface area contributed by atoms with Crippen molar-refractivity contribution >= 4 is 11.8 Å². The van der Waals surface area contributed by atoms with Gasteiger partial charge in [0.15, 0.2) is 11.0 Å². The highest BCUT2D eigenvalue weighted by Crippen LogP contribution is 2.23. The molecule has 0 saturated carbocycles. The molecule has 0 radical (unpaired) electrons. The van der Waals surface area contributed by atoms with E-state index in [0.717, 1.165) is 41.0 Å². The molecule has 6 heteroatoms. The summed E-state index contributed by atoms with van der Waals surface area (Å²) >= 11 is 1.72. The van der Waals surface area contributed by atoms with E-state index in [9.17, 15) is 0 Å². The average Bonchev–Trinajstić information content (AvgIpc) is 2.99. The largest absolute Gasteiger partial charge is 0.302 e. The van der Waals surface area contributed by atoms with Crippen LogP contribution in [-0.2, 0) is 13.0 Å². The van der Waals surface area contributed by atoms with E-state index in [2.05, 4.69) is 31.7 Å². The molecule has 0 amide bonds. The average molecular weight is 311 g/mol. The van der Waals surface area contributed by atoms with Crippen molar-refractivity contribution in [2.45, 2.75) is 25.0 Å². The van der Waals surface area contributed by atoms with E-state index in [0.29, 0.717) is 0 Å². The number of nitrogens with zero attached hydrogens (tertiary/aromatic N) is 5. The van der Waals surface area contributed by atoms with Crippen LogP contribution in [0.5, 0.6) is 0 Å². The third kappa shape index (κ3) is 3.33. The molecule has 3 aromatic rings. The van der Waals surface area contributed by atoms with Crippen molar-refractivity contribution in [1.29, 1.82) is 0 Å². The van der Waals surface area contributed by atoms with Crippen molar-refractivity contribution in [3.05, 3.63) is 54.6 Å². The van der Waals surface area contributed by atoms with Gasteiger partial charge in [0.1, 0.15) is 0 Å². The van der Waals surface area contributed by atoms with Crippen LogP contribution in [0.3, 0.4) is 0 Å². The lowest BCUT2D eigenvalue weighted by molar-refractivity contribution is 0.687. The van der Waals surface area contributed by atoms with Crippen molar-refractivity contribution in [1.82, 2.24) is 24.7 Å². The second kappa shape index (κ2) is 7.17. The molecule has 3 aromatic heterocycles. The van der Waals surface area contributed by atoms with Crippen LogP contribution in [0.25, 0.3) is 11.4 Å². The Morgan fingerprint density at radius 1 is 1.05 bits per heavy atom. The van der Waals surface area contributed by atoms with Gasteiger partial charge in [-0.05, 0) is 37.6 Å². The van der Waals surface area contributed by atoms with E-state index in [-0.39, 0.29) is 0 Å². The molecular weight excluding hydrogens is 294 g/mol. The van der Waals surface area contributed by atoms with Crippen molar-refractivity contribution in [2.75, 3.05) is 5.75 Å². The van der Waals surface area contributed by atoms with Gasteiger partial charge in [0.25, 0.3) is 0 Å². The minimum atomic E-state index is 0.844. The summed E-state index contributed by atoms with van der Waals surface area (Å²) in [6, 6.07) is 9.92. The van der Waals surface area contributed by atoms with Crippen LogP contribution < -0.4 is 0 Å². The molecular formula is C16H17N5S. The first kappa shape index (κ1) is 14.7. The van der Waals surface area contributed by atoms with Crippen LogP contribution in [-0.4, -0.2) is 30.5 Å². The second-order valence-corrected chi connectivity index (χ2v) is 5.77. The minimum Gasteiger partial charge on any atom is -0.302 e. The summed E-state index contributed by atoms with van der Waals surface area (Å²) < 4.78 is 2.14. The fourth-order valence-electron chi connectivity index (χ4n) is 2.19. The Hall–Kier alpha value is -2.21. The van der Waals surface area contributed by atoms with E-state index in [4.69, 9.17) is 0 Å². The summed E-state index contributed by atoms with van der Waals surface area (Å²) in [4.78, 5) is 8.39. The number of hydrogen-bond acceptors (Lipinski definition) is 5. The van der Waals surface area contributed by atoms with E-state index in [1.54, 1.807) is 24.2 Å². The third-order valence-electron chi connectivity index (χ3n) is 3.29. The van der Waals surface area contributed by atoms with E-state index in [1.807, 2.05) is 36.5 Å². The summed E-state index contributed by atoms with van der Waals surface area (Å²) in [5, 5.41) is 9.61. The summed E-state index contributed by atoms with van der Waals surface area (Å²) in [6.07, 6.45) is 6.30. The second-order valence-electron chi connectivity index (χ2n) is 4.71. The van der Waals surface area contributed by atoms with Crippen LogP contribution >= 0.6 is 11.8 Å². The molecule has 0 aliphatic heterocycles. The number of aromatic nitrogens is 5. The first-order valence-electron chi connectivity index (χ1n) is 7.25. The zero-order valence-electron chi connectivity index (χ0n) is 12.4. The Balaban J connectivity index is 1.71. The number of rotatable bonds is 6. The fourth-order valence-corrected chi connectivity index (χ4v) is 3.15. The molecule has 22 heavy (non-hydrogen) atoms. The summed E-state index contributed by atoms with van der Waals surface area (Å²) in [6.45, 7) is 2.95. The lowest BCUT2D eigenvalue weighted by Crippen LogP contribution is -2.01. The van der Waals surface area contributed by atoms with Crippen LogP contribution in [0.2, 0.25) is 0 Å². The maximum Gasteiger partial charge on any atom is 0.191 e. The molecule has 0 unspecified atom stereocenters. The van der Waals surface area contributed by atoms with Gasteiger partial charge in [-0.25, -0.2) is 0 Å². The maximum atomic E-state index is 4.34. The van der Waals surface area contributed by atoms with Gasteiger partial charge < -0.3 is 4.57 Å². The normalized spacial score (nSPS) is 10.8. The molecule has 3 rings (SSSR count). The molecule has 5 nitrogen and oxygen atoms in total. The van der Waals surface area contributed by atoms with Gasteiger partial charge >= 0.3 is 0 Å².